The van der Waals surface area contributed by atoms with E-state index in [1.165, 1.54) is 0 Å². The van der Waals surface area contributed by atoms with E-state index in [-0.39, 0.29) is 38.3 Å². The largest absolute Gasteiger partial charge is 1.00 e. The van der Waals surface area contributed by atoms with E-state index in [0.29, 0.717) is 30.7 Å². The molecule has 0 aliphatic heterocycles. The summed E-state index contributed by atoms with van der Waals surface area (Å²) < 4.78 is 0.332. The van der Waals surface area contributed by atoms with Crippen LogP contribution < -0.4 is 24.0 Å². The molecule has 0 aromatic rings. The van der Waals surface area contributed by atoms with E-state index >= 15 is 0 Å². The van der Waals surface area contributed by atoms with E-state index in [1.54, 1.807) is 0 Å². The van der Waals surface area contributed by atoms with Gasteiger partial charge in [-0.15, -0.1) is 6.58 Å². The second kappa shape index (κ2) is 14.8. The fraction of sp³-hybridized carbons (Fsp3) is 0.750. The number of unbranched alkanes of at least 4 members (excludes halogenated alkanes) is 4. The zero-order valence-electron chi connectivity index (χ0n) is 14.3. The summed E-state index contributed by atoms with van der Waals surface area (Å²) in [4.78, 5) is 21.6. The van der Waals surface area contributed by atoms with Gasteiger partial charge >= 0.3 is 24.8 Å². The summed E-state index contributed by atoms with van der Waals surface area (Å²) in [6, 6.07) is 0. The standard InChI is InChI=1S/C16H29NO5.Li/c1-2-3-4-5-6-7-10-17(13-14-18,11-8-15(19)20)12-9-16(21)22;/h2,18H,1,3-14H2,(H-,19,20,21,22);/q;+1. The molecule has 128 valence electrons. The Morgan fingerprint density at radius 3 is 2.13 bits per heavy atom. The molecule has 0 radical (unpaired) electrons. The number of nitrogens with zero attached hydrogens (tertiary/aromatic N) is 1. The first-order valence-corrected chi connectivity index (χ1v) is 7.94. The van der Waals surface area contributed by atoms with E-state index in [0.717, 1.165) is 32.1 Å². The molecule has 0 bridgehead atoms. The Labute approximate surface area is 150 Å². The SMILES string of the molecule is C=CCCCCCC[N+](CCO)(CCC(=O)[O-])CCC(=O)O.[Li+]. The van der Waals surface area contributed by atoms with Gasteiger partial charge in [0, 0.05) is 12.4 Å². The Bertz CT molecular complexity index is 331. The van der Waals surface area contributed by atoms with Crippen LogP contribution in [0.4, 0.5) is 0 Å². The van der Waals surface area contributed by atoms with Crippen molar-refractivity contribution in [1.82, 2.24) is 0 Å². The van der Waals surface area contributed by atoms with Gasteiger partial charge in [-0.2, -0.15) is 0 Å². The quantitative estimate of drug-likeness (QED) is 0.151. The molecule has 0 rings (SSSR count). The van der Waals surface area contributed by atoms with Crippen molar-refractivity contribution >= 4 is 11.9 Å². The minimum absolute atomic E-state index is 0. The number of hydrogen-bond donors (Lipinski definition) is 2. The van der Waals surface area contributed by atoms with Crippen molar-refractivity contribution in [2.75, 3.05) is 32.8 Å². The van der Waals surface area contributed by atoms with Crippen LogP contribution in [-0.2, 0) is 9.59 Å². The Hall–Kier alpha value is -0.803. The van der Waals surface area contributed by atoms with Crippen molar-refractivity contribution in [3.05, 3.63) is 12.7 Å². The zero-order valence-corrected chi connectivity index (χ0v) is 14.3. The van der Waals surface area contributed by atoms with E-state index in [4.69, 9.17) is 5.11 Å². The van der Waals surface area contributed by atoms with Crippen LogP contribution in [-0.4, -0.2) is 59.4 Å². The molecule has 6 nitrogen and oxygen atoms in total. The van der Waals surface area contributed by atoms with Gasteiger partial charge in [0.1, 0.15) is 6.54 Å². The molecule has 0 saturated carbocycles. The summed E-state index contributed by atoms with van der Waals surface area (Å²) in [6.07, 6.45) is 6.79. The molecule has 2 N–H and O–H groups in total. The third-order valence-corrected chi connectivity index (χ3v) is 3.96. The van der Waals surface area contributed by atoms with Crippen molar-refractivity contribution in [3.8, 4) is 0 Å². The summed E-state index contributed by atoms with van der Waals surface area (Å²) in [5.74, 6) is -2.04. The van der Waals surface area contributed by atoms with Gasteiger partial charge in [-0.1, -0.05) is 12.5 Å². The van der Waals surface area contributed by atoms with Crippen LogP contribution in [0.15, 0.2) is 12.7 Å². The Morgan fingerprint density at radius 2 is 1.61 bits per heavy atom. The van der Waals surface area contributed by atoms with Gasteiger partial charge in [0.15, 0.2) is 0 Å². The van der Waals surface area contributed by atoms with E-state index in [9.17, 15) is 19.8 Å². The number of aliphatic hydroxyl groups excluding tert-OH is 1. The monoisotopic (exact) mass is 322 g/mol. The van der Waals surface area contributed by atoms with Gasteiger partial charge in [0.05, 0.1) is 32.7 Å². The molecule has 0 aromatic carbocycles. The maximum Gasteiger partial charge on any atom is 1.00 e. The van der Waals surface area contributed by atoms with Gasteiger partial charge in [0.25, 0.3) is 0 Å². The molecule has 0 amide bonds. The van der Waals surface area contributed by atoms with Crippen LogP contribution >= 0.6 is 0 Å². The molecule has 0 aliphatic rings. The molecule has 0 aromatic heterocycles. The molecule has 7 heteroatoms. The number of aliphatic hydroxyl groups is 1. The van der Waals surface area contributed by atoms with Crippen molar-refractivity contribution in [2.45, 2.75) is 44.9 Å². The van der Waals surface area contributed by atoms with E-state index < -0.39 is 11.9 Å². The Morgan fingerprint density at radius 1 is 1.00 bits per heavy atom. The van der Waals surface area contributed by atoms with Crippen LogP contribution in [0, 0.1) is 0 Å². The summed E-state index contributed by atoms with van der Waals surface area (Å²) in [7, 11) is 0. The average Bonchev–Trinajstić information content (AvgIpc) is 2.46. The number of quaternary nitrogens is 1. The fourth-order valence-electron chi connectivity index (χ4n) is 2.63. The summed E-state index contributed by atoms with van der Waals surface area (Å²) in [5.41, 5.74) is 0. The second-order valence-corrected chi connectivity index (χ2v) is 5.72. The molecule has 1 atom stereocenters. The number of carboxylic acid groups (broad SMARTS) is 2. The third kappa shape index (κ3) is 13.3. The van der Waals surface area contributed by atoms with Crippen LogP contribution in [0.25, 0.3) is 0 Å². The molecule has 0 spiro atoms. The normalized spacial score (nSPS) is 12.9. The molecule has 0 heterocycles. The summed E-state index contributed by atoms with van der Waals surface area (Å²) in [6.45, 7) is 5.32. The number of carboxylic acids is 2. The van der Waals surface area contributed by atoms with Crippen LogP contribution in [0.3, 0.4) is 0 Å². The van der Waals surface area contributed by atoms with Gasteiger partial charge < -0.3 is 24.6 Å². The fourth-order valence-corrected chi connectivity index (χ4v) is 2.63. The number of carbonyl (C=O) groups is 2. The number of rotatable bonds is 15. The molecular formula is C16H29LiNO5+. The van der Waals surface area contributed by atoms with E-state index in [2.05, 4.69) is 6.58 Å². The first kappa shape index (κ1) is 24.4. The molecule has 0 aliphatic carbocycles. The van der Waals surface area contributed by atoms with Crippen LogP contribution in [0.5, 0.6) is 0 Å². The number of allylic oxidation sites excluding steroid dienone is 1. The molecular weight excluding hydrogens is 293 g/mol. The van der Waals surface area contributed by atoms with Gasteiger partial charge in [-0.25, -0.2) is 0 Å². The predicted molar refractivity (Wildman–Crippen MR) is 82.0 cm³/mol. The maximum atomic E-state index is 10.8. The van der Waals surface area contributed by atoms with E-state index in [1.807, 2.05) is 6.08 Å². The first-order valence-electron chi connectivity index (χ1n) is 7.94. The number of hydrogen-bond acceptors (Lipinski definition) is 4. The number of carbonyl (C=O) groups excluding carboxylic acids is 1. The Kier molecular flexibility index (Phi) is 15.7. The van der Waals surface area contributed by atoms with Gasteiger partial charge in [0.2, 0.25) is 0 Å². The minimum atomic E-state index is -1.14. The average molecular weight is 322 g/mol. The van der Waals surface area contributed by atoms with Crippen molar-refractivity contribution in [1.29, 1.82) is 0 Å². The van der Waals surface area contributed by atoms with Crippen LogP contribution in [0.2, 0.25) is 0 Å². The van der Waals surface area contributed by atoms with Gasteiger partial charge in [-0.05, 0) is 25.7 Å². The molecule has 23 heavy (non-hydrogen) atoms. The third-order valence-electron chi connectivity index (χ3n) is 3.96. The van der Waals surface area contributed by atoms with Gasteiger partial charge in [-0.3, -0.25) is 4.79 Å². The van der Waals surface area contributed by atoms with Crippen molar-refractivity contribution in [3.63, 3.8) is 0 Å². The predicted octanol–water partition coefficient (Wildman–Crippen LogP) is -2.45. The smallest absolute Gasteiger partial charge is 0.550 e. The first-order chi connectivity index (χ1) is 10.5. The second-order valence-electron chi connectivity index (χ2n) is 5.72. The summed E-state index contributed by atoms with van der Waals surface area (Å²) >= 11 is 0. The molecule has 0 fully saturated rings. The topological polar surface area (TPSA) is 97.7 Å². The molecule has 1 unspecified atom stereocenters. The Balaban J connectivity index is 0. The van der Waals surface area contributed by atoms with Crippen molar-refractivity contribution < 1.29 is 48.3 Å². The molecule has 0 saturated heterocycles. The number of aliphatic carboxylic acids is 2. The minimum Gasteiger partial charge on any atom is -0.550 e. The maximum absolute atomic E-state index is 10.8. The zero-order chi connectivity index (χ0) is 16.8. The van der Waals surface area contributed by atoms with Crippen LogP contribution in [0.1, 0.15) is 44.9 Å². The summed E-state index contributed by atoms with van der Waals surface area (Å²) in [5, 5.41) is 28.9. The van der Waals surface area contributed by atoms with Crippen molar-refractivity contribution in [2.24, 2.45) is 0 Å².